The Morgan fingerprint density at radius 2 is 1.95 bits per heavy atom. The second-order valence-electron chi connectivity index (χ2n) is 10.5. The van der Waals surface area contributed by atoms with Gasteiger partial charge in [0.25, 0.3) is 0 Å². The van der Waals surface area contributed by atoms with Crippen LogP contribution in [-0.2, 0) is 4.79 Å². The Balaban J connectivity index is 0.00000124. The zero-order valence-electron chi connectivity index (χ0n) is 24.4. The van der Waals surface area contributed by atoms with Crippen LogP contribution in [0.3, 0.4) is 0 Å². The van der Waals surface area contributed by atoms with E-state index in [0.29, 0.717) is 12.3 Å². The van der Waals surface area contributed by atoms with Crippen LogP contribution in [0.15, 0.2) is 64.6 Å². The van der Waals surface area contributed by atoms with Crippen LogP contribution in [0, 0.1) is 18.8 Å². The first-order valence-corrected chi connectivity index (χ1v) is 14.5. The predicted molar refractivity (Wildman–Crippen MR) is 168 cm³/mol. The molecule has 1 aliphatic carbocycles. The smallest absolute Gasteiger partial charge is 0.186 e. The Morgan fingerprint density at radius 3 is 2.66 bits per heavy atom. The number of allylic oxidation sites excluding steroid dienone is 6. The molecule has 0 bridgehead atoms. The molecule has 0 spiro atoms. The van der Waals surface area contributed by atoms with Crippen LogP contribution < -0.4 is 16.3 Å². The Kier molecular flexibility index (Phi) is 11.1. The molecule has 2 aromatic rings. The number of pyridine rings is 1. The summed E-state index contributed by atoms with van der Waals surface area (Å²) in [5, 5.41) is 14.3. The van der Waals surface area contributed by atoms with E-state index in [0.717, 1.165) is 96.7 Å². The molecule has 1 saturated carbocycles. The summed E-state index contributed by atoms with van der Waals surface area (Å²) in [5.74, 6) is 6.98. The number of aromatic amines is 1. The Hall–Kier alpha value is -3.95. The average Bonchev–Trinajstić information content (AvgIpc) is 3.40. The maximum atomic E-state index is 11.2. The van der Waals surface area contributed by atoms with Crippen molar-refractivity contribution in [1.29, 1.82) is 0 Å². The minimum Gasteiger partial charge on any atom is -0.303 e. The quantitative estimate of drug-likeness (QED) is 0.117. The highest BCUT2D eigenvalue weighted by atomic mass is 16.1. The zero-order chi connectivity index (χ0) is 29.0. The molecule has 2 aromatic heterocycles. The minimum atomic E-state index is 0.215. The van der Waals surface area contributed by atoms with E-state index in [2.05, 4.69) is 68.8 Å². The van der Waals surface area contributed by atoms with E-state index in [1.165, 1.54) is 0 Å². The van der Waals surface area contributed by atoms with Crippen molar-refractivity contribution in [1.82, 2.24) is 20.6 Å². The van der Waals surface area contributed by atoms with E-state index in [1.54, 1.807) is 7.05 Å². The molecule has 2 aliphatic heterocycles. The van der Waals surface area contributed by atoms with Gasteiger partial charge in [0, 0.05) is 41.6 Å². The summed E-state index contributed by atoms with van der Waals surface area (Å²) in [4.78, 5) is 21.1. The molecule has 3 aliphatic rings. The SMILES string of the molecule is CC/C=C\CC=C/C=C/c1ccc(C2=C3N=C(CC4CCC(C=O)CC4)c4c(n[nH]c4C)N3N=CC2)cn1.CNN. The summed E-state index contributed by atoms with van der Waals surface area (Å²) >= 11 is 0. The third kappa shape index (κ3) is 7.62. The van der Waals surface area contributed by atoms with Gasteiger partial charge in [0.2, 0.25) is 0 Å². The highest BCUT2D eigenvalue weighted by Gasteiger charge is 2.34. The second-order valence-corrected chi connectivity index (χ2v) is 10.5. The lowest BCUT2D eigenvalue weighted by molar-refractivity contribution is -0.112. The fourth-order valence-electron chi connectivity index (χ4n) is 5.39. The number of aryl methyl sites for hydroxylation is 1. The van der Waals surface area contributed by atoms with Gasteiger partial charge in [-0.3, -0.25) is 21.4 Å². The standard InChI is InChI=1S/C31H36N6O.CH6N2/c1-3-4-5-6-7-8-9-10-26-16-15-25(20-32-26)27-17-18-33-37-30(27)34-28(29-22(2)35-36-31(29)37)19-23-11-13-24(21-38)14-12-23;1-3-2/h4-5,7-10,15-16,18,20-21,23-24H,3,6,11-14,17,19H2,1-2H3,(H,35,36);3H,2H2,1H3/b5-4-,8-7?,10-9+;. The maximum Gasteiger partial charge on any atom is 0.186 e. The number of rotatable bonds is 9. The van der Waals surface area contributed by atoms with Crippen LogP contribution in [0.1, 0.15) is 80.8 Å². The molecule has 216 valence electrons. The summed E-state index contributed by atoms with van der Waals surface area (Å²) in [6.07, 6.45) is 25.2. The molecule has 4 N–H and O–H groups in total. The first kappa shape index (κ1) is 30.0. The predicted octanol–water partition coefficient (Wildman–Crippen LogP) is 5.88. The maximum absolute atomic E-state index is 11.2. The fraction of sp³-hybridized carbons (Fsp3) is 0.406. The number of anilines is 1. The number of aromatic nitrogens is 3. The molecule has 4 heterocycles. The van der Waals surface area contributed by atoms with Gasteiger partial charge in [-0.1, -0.05) is 43.4 Å². The van der Waals surface area contributed by atoms with Crippen molar-refractivity contribution in [3.63, 3.8) is 0 Å². The number of nitrogens with one attached hydrogen (secondary N) is 2. The molecular formula is C32H42N8O. The van der Waals surface area contributed by atoms with Gasteiger partial charge in [-0.15, -0.1) is 0 Å². The number of aliphatic imine (C=N–C) groups is 1. The Bertz CT molecular complexity index is 1340. The largest absolute Gasteiger partial charge is 0.303 e. The number of hydrazine groups is 1. The number of carbonyl (C=O) groups is 1. The molecule has 9 heteroatoms. The van der Waals surface area contributed by atoms with Crippen molar-refractivity contribution in [2.75, 3.05) is 12.1 Å². The molecule has 1 fully saturated rings. The monoisotopic (exact) mass is 554 g/mol. The van der Waals surface area contributed by atoms with Gasteiger partial charge in [0.05, 0.1) is 17.0 Å². The van der Waals surface area contributed by atoms with Crippen molar-refractivity contribution in [3.05, 3.63) is 77.0 Å². The molecule has 0 unspecified atom stereocenters. The molecule has 41 heavy (non-hydrogen) atoms. The van der Waals surface area contributed by atoms with Crippen molar-refractivity contribution >= 4 is 35.7 Å². The average molecular weight is 555 g/mol. The lowest BCUT2D eigenvalue weighted by Crippen LogP contribution is -2.28. The third-order valence-corrected chi connectivity index (χ3v) is 7.51. The van der Waals surface area contributed by atoms with E-state index in [1.807, 2.05) is 42.6 Å². The van der Waals surface area contributed by atoms with E-state index in [4.69, 9.17) is 4.99 Å². The summed E-state index contributed by atoms with van der Waals surface area (Å²) in [6.45, 7) is 4.18. The molecule has 0 radical (unpaired) electrons. The normalized spacial score (nSPS) is 20.3. The van der Waals surface area contributed by atoms with Gasteiger partial charge in [-0.05, 0) is 77.0 Å². The molecule has 0 aromatic carbocycles. The van der Waals surface area contributed by atoms with Crippen LogP contribution in [0.5, 0.6) is 0 Å². The summed E-state index contributed by atoms with van der Waals surface area (Å²) in [6, 6.07) is 4.16. The van der Waals surface area contributed by atoms with Gasteiger partial charge in [0.15, 0.2) is 11.6 Å². The zero-order valence-corrected chi connectivity index (χ0v) is 24.4. The lowest BCUT2D eigenvalue weighted by Gasteiger charge is -2.31. The number of hydrazone groups is 1. The molecular weight excluding hydrogens is 512 g/mol. The molecule has 9 nitrogen and oxygen atoms in total. The fourth-order valence-corrected chi connectivity index (χ4v) is 5.39. The highest BCUT2D eigenvalue weighted by molar-refractivity contribution is 6.09. The Labute approximate surface area is 243 Å². The van der Waals surface area contributed by atoms with Crippen molar-refractivity contribution in [2.24, 2.45) is 27.8 Å². The van der Waals surface area contributed by atoms with Gasteiger partial charge < -0.3 is 4.79 Å². The van der Waals surface area contributed by atoms with Crippen LogP contribution in [0.4, 0.5) is 5.82 Å². The van der Waals surface area contributed by atoms with Crippen LogP contribution in [-0.4, -0.2) is 40.4 Å². The van der Waals surface area contributed by atoms with Crippen LogP contribution in [0.2, 0.25) is 0 Å². The van der Waals surface area contributed by atoms with Gasteiger partial charge >= 0.3 is 0 Å². The molecule has 0 amide bonds. The van der Waals surface area contributed by atoms with Crippen molar-refractivity contribution in [2.45, 2.75) is 65.2 Å². The van der Waals surface area contributed by atoms with Crippen molar-refractivity contribution < 1.29 is 4.79 Å². The van der Waals surface area contributed by atoms with Gasteiger partial charge in [-0.25, -0.2) is 4.99 Å². The second kappa shape index (κ2) is 15.2. The summed E-state index contributed by atoms with van der Waals surface area (Å²) < 4.78 is 0. The van der Waals surface area contributed by atoms with Crippen molar-refractivity contribution in [3.8, 4) is 0 Å². The number of hydrogen-bond donors (Lipinski definition) is 3. The number of carbonyl (C=O) groups excluding carboxylic acids is 1. The number of H-pyrrole nitrogens is 1. The lowest BCUT2D eigenvalue weighted by atomic mass is 9.79. The van der Waals surface area contributed by atoms with E-state index in [-0.39, 0.29) is 5.92 Å². The minimum absolute atomic E-state index is 0.215. The summed E-state index contributed by atoms with van der Waals surface area (Å²) in [5.41, 5.74) is 8.43. The number of aldehydes is 1. The Morgan fingerprint density at radius 1 is 1.15 bits per heavy atom. The first-order chi connectivity index (χ1) is 20.1. The summed E-state index contributed by atoms with van der Waals surface area (Å²) in [7, 11) is 1.65. The third-order valence-electron chi connectivity index (χ3n) is 7.51. The topological polar surface area (TPSA) is 125 Å². The van der Waals surface area contributed by atoms with Gasteiger partial charge in [0.1, 0.15) is 6.29 Å². The number of nitrogens with zero attached hydrogens (tertiary/aromatic N) is 5. The molecule has 0 saturated heterocycles. The number of hydrogen-bond acceptors (Lipinski definition) is 8. The molecule has 5 rings (SSSR count). The van der Waals surface area contributed by atoms with E-state index in [9.17, 15) is 4.79 Å². The number of fused-ring (bicyclic) bond motifs is 3. The number of nitrogens with two attached hydrogens (primary N) is 1. The van der Waals surface area contributed by atoms with Crippen LogP contribution in [0.25, 0.3) is 11.6 Å². The van der Waals surface area contributed by atoms with Gasteiger partial charge in [-0.2, -0.15) is 15.2 Å². The molecule has 0 atom stereocenters. The first-order valence-electron chi connectivity index (χ1n) is 14.5. The van der Waals surface area contributed by atoms with E-state index < -0.39 is 0 Å². The van der Waals surface area contributed by atoms with Crippen LogP contribution >= 0.6 is 0 Å². The highest BCUT2D eigenvalue weighted by Crippen LogP contribution is 2.40. The van der Waals surface area contributed by atoms with E-state index >= 15 is 0 Å².